The Morgan fingerprint density at radius 1 is 1.50 bits per heavy atom. The van der Waals surface area contributed by atoms with Crippen molar-refractivity contribution in [1.29, 1.82) is 5.26 Å². The second-order valence-corrected chi connectivity index (χ2v) is 5.29. The number of urea groups is 1. The SMILES string of the molecule is CC1(C)NC(=O)N(C2=CC=C(C#N)C(Cl)C2)C1=O. The molecule has 1 aliphatic carbocycles. The van der Waals surface area contributed by atoms with Gasteiger partial charge in [-0.05, 0) is 26.0 Å². The molecule has 0 aromatic carbocycles. The molecule has 1 N–H and O–H groups in total. The lowest BCUT2D eigenvalue weighted by atomic mass is 10.0. The lowest BCUT2D eigenvalue weighted by Gasteiger charge is -2.22. The Kier molecular flexibility index (Phi) is 2.91. The van der Waals surface area contributed by atoms with E-state index in [0.29, 0.717) is 11.3 Å². The van der Waals surface area contributed by atoms with E-state index in [9.17, 15) is 9.59 Å². The van der Waals surface area contributed by atoms with Crippen LogP contribution in [-0.2, 0) is 4.79 Å². The Bertz CT molecular complexity index is 528. The van der Waals surface area contributed by atoms with E-state index in [0.717, 1.165) is 4.90 Å². The molecular formula is C12H12ClN3O2. The first kappa shape index (κ1) is 12.7. The molecule has 0 saturated carbocycles. The van der Waals surface area contributed by atoms with E-state index in [2.05, 4.69) is 5.32 Å². The molecule has 0 aromatic rings. The van der Waals surface area contributed by atoms with Gasteiger partial charge in [-0.3, -0.25) is 4.79 Å². The molecule has 0 spiro atoms. The van der Waals surface area contributed by atoms with Gasteiger partial charge in [-0.25, -0.2) is 9.69 Å². The lowest BCUT2D eigenvalue weighted by molar-refractivity contribution is -0.128. The Morgan fingerprint density at radius 3 is 2.61 bits per heavy atom. The third kappa shape index (κ3) is 1.89. The minimum Gasteiger partial charge on any atom is -0.323 e. The first-order chi connectivity index (χ1) is 8.36. The summed E-state index contributed by atoms with van der Waals surface area (Å²) in [5.41, 5.74) is 0.0488. The summed E-state index contributed by atoms with van der Waals surface area (Å²) in [6, 6.07) is 1.53. The number of halogens is 1. The molecule has 6 heteroatoms. The van der Waals surface area contributed by atoms with Crippen LogP contribution in [0.2, 0.25) is 0 Å². The number of alkyl halides is 1. The Labute approximate surface area is 110 Å². The summed E-state index contributed by atoms with van der Waals surface area (Å²) in [6.45, 7) is 3.29. The molecule has 0 radical (unpaired) electrons. The number of rotatable bonds is 1. The normalized spacial score (nSPS) is 26.3. The van der Waals surface area contributed by atoms with Gasteiger partial charge >= 0.3 is 6.03 Å². The van der Waals surface area contributed by atoms with Crippen molar-refractivity contribution < 1.29 is 9.59 Å². The summed E-state index contributed by atoms with van der Waals surface area (Å²) < 4.78 is 0. The molecule has 1 unspecified atom stereocenters. The van der Waals surface area contributed by atoms with Crippen molar-refractivity contribution in [3.8, 4) is 6.07 Å². The average molecular weight is 266 g/mol. The van der Waals surface area contributed by atoms with E-state index in [4.69, 9.17) is 16.9 Å². The number of nitrogens with zero attached hydrogens (tertiary/aromatic N) is 2. The van der Waals surface area contributed by atoms with Gasteiger partial charge < -0.3 is 5.32 Å². The van der Waals surface area contributed by atoms with Crippen LogP contribution in [0.4, 0.5) is 4.79 Å². The average Bonchev–Trinajstić information content (AvgIpc) is 2.48. The van der Waals surface area contributed by atoms with Gasteiger partial charge in [-0.15, -0.1) is 11.6 Å². The molecule has 3 amide bonds. The highest BCUT2D eigenvalue weighted by molar-refractivity contribution is 6.23. The fourth-order valence-electron chi connectivity index (χ4n) is 1.93. The molecule has 1 aliphatic heterocycles. The predicted octanol–water partition coefficient (Wildman–Crippen LogP) is 1.66. The zero-order chi connectivity index (χ0) is 13.5. The summed E-state index contributed by atoms with van der Waals surface area (Å²) >= 11 is 6.02. The third-order valence-electron chi connectivity index (χ3n) is 2.96. The summed E-state index contributed by atoms with van der Waals surface area (Å²) in [4.78, 5) is 24.9. The maximum Gasteiger partial charge on any atom is 0.329 e. The number of nitrogens with one attached hydrogen (secondary N) is 1. The zero-order valence-electron chi connectivity index (χ0n) is 10.0. The highest BCUT2D eigenvalue weighted by atomic mass is 35.5. The molecule has 18 heavy (non-hydrogen) atoms. The van der Waals surface area contributed by atoms with Crippen molar-refractivity contribution in [3.05, 3.63) is 23.4 Å². The summed E-state index contributed by atoms with van der Waals surface area (Å²) in [7, 11) is 0. The summed E-state index contributed by atoms with van der Waals surface area (Å²) in [5, 5.41) is 10.9. The molecular weight excluding hydrogens is 254 g/mol. The number of carbonyl (C=O) groups excluding carboxylic acids is 2. The number of allylic oxidation sites excluding steroid dienone is 4. The van der Waals surface area contributed by atoms with Crippen LogP contribution in [0.15, 0.2) is 23.4 Å². The first-order valence-corrected chi connectivity index (χ1v) is 5.92. The second kappa shape index (κ2) is 4.14. The van der Waals surface area contributed by atoms with Crippen LogP contribution in [0.1, 0.15) is 20.3 Å². The van der Waals surface area contributed by atoms with Gasteiger partial charge in [0.2, 0.25) is 0 Å². The maximum absolute atomic E-state index is 12.1. The van der Waals surface area contributed by atoms with Crippen LogP contribution in [0.25, 0.3) is 0 Å². The molecule has 5 nitrogen and oxygen atoms in total. The topological polar surface area (TPSA) is 73.2 Å². The van der Waals surface area contributed by atoms with E-state index in [-0.39, 0.29) is 12.3 Å². The molecule has 1 atom stereocenters. The molecule has 1 saturated heterocycles. The molecule has 94 valence electrons. The fourth-order valence-corrected chi connectivity index (χ4v) is 2.21. The van der Waals surface area contributed by atoms with E-state index >= 15 is 0 Å². The van der Waals surface area contributed by atoms with Gasteiger partial charge in [0.05, 0.1) is 11.4 Å². The highest BCUT2D eigenvalue weighted by Gasteiger charge is 2.46. The van der Waals surface area contributed by atoms with Crippen molar-refractivity contribution >= 4 is 23.5 Å². The standard InChI is InChI=1S/C12H12ClN3O2/c1-12(2)10(17)16(11(18)15-12)8-4-3-7(6-14)9(13)5-8/h3-4,9H,5H2,1-2H3,(H,15,18). The van der Waals surface area contributed by atoms with E-state index < -0.39 is 16.9 Å². The quantitative estimate of drug-likeness (QED) is 0.579. The monoisotopic (exact) mass is 265 g/mol. The van der Waals surface area contributed by atoms with Crippen molar-refractivity contribution in [2.24, 2.45) is 0 Å². The van der Waals surface area contributed by atoms with Crippen molar-refractivity contribution in [3.63, 3.8) is 0 Å². The number of imide groups is 1. The minimum atomic E-state index is -0.904. The molecule has 2 aliphatic rings. The van der Waals surface area contributed by atoms with Crippen LogP contribution in [0.5, 0.6) is 0 Å². The van der Waals surface area contributed by atoms with Crippen LogP contribution in [0.3, 0.4) is 0 Å². The van der Waals surface area contributed by atoms with E-state index in [1.807, 2.05) is 6.07 Å². The maximum atomic E-state index is 12.1. The lowest BCUT2D eigenvalue weighted by Crippen LogP contribution is -2.40. The number of hydrogen-bond acceptors (Lipinski definition) is 3. The van der Waals surface area contributed by atoms with Crippen molar-refractivity contribution in [1.82, 2.24) is 10.2 Å². The molecule has 0 bridgehead atoms. The highest BCUT2D eigenvalue weighted by Crippen LogP contribution is 2.29. The van der Waals surface area contributed by atoms with Crippen LogP contribution in [-0.4, -0.2) is 27.8 Å². The number of amides is 3. The zero-order valence-corrected chi connectivity index (χ0v) is 10.8. The van der Waals surface area contributed by atoms with Gasteiger partial charge in [0, 0.05) is 17.7 Å². The second-order valence-electron chi connectivity index (χ2n) is 4.76. The smallest absolute Gasteiger partial charge is 0.323 e. The molecule has 1 fully saturated rings. The first-order valence-electron chi connectivity index (χ1n) is 5.48. The largest absolute Gasteiger partial charge is 0.329 e. The van der Waals surface area contributed by atoms with Crippen LogP contribution < -0.4 is 5.32 Å². The van der Waals surface area contributed by atoms with Gasteiger partial charge in [0.25, 0.3) is 5.91 Å². The number of hydrogen-bond donors (Lipinski definition) is 1. The van der Waals surface area contributed by atoms with E-state index in [1.54, 1.807) is 26.0 Å². The van der Waals surface area contributed by atoms with Gasteiger partial charge in [0.1, 0.15) is 5.54 Å². The van der Waals surface area contributed by atoms with Crippen molar-refractivity contribution in [2.45, 2.75) is 31.2 Å². The van der Waals surface area contributed by atoms with Crippen LogP contribution >= 0.6 is 11.6 Å². The van der Waals surface area contributed by atoms with Gasteiger partial charge in [-0.1, -0.05) is 0 Å². The molecule has 2 rings (SSSR count). The Morgan fingerprint density at radius 2 is 2.17 bits per heavy atom. The number of nitriles is 1. The number of carbonyl (C=O) groups is 2. The van der Waals surface area contributed by atoms with Crippen molar-refractivity contribution in [2.75, 3.05) is 0 Å². The minimum absolute atomic E-state index is 0.288. The third-order valence-corrected chi connectivity index (χ3v) is 3.35. The Hall–Kier alpha value is -1.80. The van der Waals surface area contributed by atoms with Gasteiger partial charge in [-0.2, -0.15) is 5.26 Å². The Balaban J connectivity index is 2.33. The molecule has 0 aromatic heterocycles. The summed E-state index contributed by atoms with van der Waals surface area (Å²) in [5.74, 6) is -0.309. The molecule has 1 heterocycles. The summed E-state index contributed by atoms with van der Waals surface area (Å²) in [6.07, 6.45) is 3.43. The van der Waals surface area contributed by atoms with E-state index in [1.165, 1.54) is 0 Å². The predicted molar refractivity (Wildman–Crippen MR) is 65.5 cm³/mol. The fraction of sp³-hybridized carbons (Fsp3) is 0.417. The van der Waals surface area contributed by atoms with Crippen LogP contribution in [0, 0.1) is 11.3 Å². The van der Waals surface area contributed by atoms with Gasteiger partial charge in [0.15, 0.2) is 0 Å².